The van der Waals surface area contributed by atoms with Gasteiger partial charge in [-0.2, -0.15) is 0 Å². The molecule has 3 unspecified atom stereocenters. The van der Waals surface area contributed by atoms with Gasteiger partial charge in [0.05, 0.1) is 32.0 Å². The first-order chi connectivity index (χ1) is 17.5. The van der Waals surface area contributed by atoms with Crippen LogP contribution in [0.1, 0.15) is 61.4 Å². The Morgan fingerprint density at radius 1 is 1.08 bits per heavy atom. The third kappa shape index (κ3) is 4.92. The first-order valence-electron chi connectivity index (χ1n) is 12.5. The predicted molar refractivity (Wildman–Crippen MR) is 133 cm³/mol. The minimum Gasteiger partial charge on any atom is -0.484 e. The monoisotopic (exact) mass is 490 g/mol. The van der Waals surface area contributed by atoms with Crippen molar-refractivity contribution in [2.45, 2.75) is 51.0 Å². The number of benzene rings is 1. The number of rotatable bonds is 7. The predicted octanol–water partition coefficient (Wildman–Crippen LogP) is 6.05. The molecule has 3 atom stereocenters. The van der Waals surface area contributed by atoms with E-state index >= 15 is 0 Å². The number of aryl methyl sites for hydroxylation is 1. The van der Waals surface area contributed by atoms with E-state index in [2.05, 4.69) is 28.2 Å². The van der Waals surface area contributed by atoms with Crippen molar-refractivity contribution in [3.05, 3.63) is 71.4 Å². The summed E-state index contributed by atoms with van der Waals surface area (Å²) in [6.45, 7) is 1.96. The Hall–Kier alpha value is -3.48. The summed E-state index contributed by atoms with van der Waals surface area (Å²) in [5, 5.41) is 0. The third-order valence-electron chi connectivity index (χ3n) is 7.37. The Kier molecular flexibility index (Phi) is 6.90. The number of methoxy groups -OCH3 is 2. The molecule has 1 aliphatic carbocycles. The number of ether oxygens (including phenoxy) is 3. The van der Waals surface area contributed by atoms with Gasteiger partial charge in [-0.3, -0.25) is 9.78 Å². The number of carbonyl (C=O) groups is 1. The summed E-state index contributed by atoms with van der Waals surface area (Å²) in [5.41, 5.74) is 4.14. The quantitative estimate of drug-likeness (QED) is 0.376. The molecular formula is C29H31FN2O4. The van der Waals surface area contributed by atoms with Crippen molar-refractivity contribution in [2.24, 2.45) is 11.8 Å². The Morgan fingerprint density at radius 2 is 1.92 bits per heavy atom. The van der Waals surface area contributed by atoms with Gasteiger partial charge in [0.25, 0.3) is 0 Å². The maximum atomic E-state index is 14.4. The minimum absolute atomic E-state index is 0.123. The van der Waals surface area contributed by atoms with E-state index in [1.54, 1.807) is 12.3 Å². The average Bonchev–Trinajstić information content (AvgIpc) is 3.76. The largest absolute Gasteiger partial charge is 0.484 e. The number of hydrogen-bond acceptors (Lipinski definition) is 6. The summed E-state index contributed by atoms with van der Waals surface area (Å²) in [6.07, 6.45) is 7.61. The summed E-state index contributed by atoms with van der Waals surface area (Å²) >= 11 is 0. The molecule has 0 saturated heterocycles. The number of pyridine rings is 2. The molecular weight excluding hydrogens is 459 g/mol. The Bertz CT molecular complexity index is 1240. The molecule has 2 aromatic heterocycles. The van der Waals surface area contributed by atoms with E-state index in [1.807, 2.05) is 19.1 Å². The summed E-state index contributed by atoms with van der Waals surface area (Å²) < 4.78 is 31.1. The van der Waals surface area contributed by atoms with Crippen molar-refractivity contribution in [3.8, 4) is 22.8 Å². The molecule has 0 amide bonds. The Labute approximate surface area is 210 Å². The minimum atomic E-state index is -0.427. The highest BCUT2D eigenvalue weighted by atomic mass is 19.1. The second kappa shape index (κ2) is 10.2. The molecule has 188 valence electrons. The van der Waals surface area contributed by atoms with Gasteiger partial charge in [-0.15, -0.1) is 0 Å². The van der Waals surface area contributed by atoms with E-state index in [-0.39, 0.29) is 23.9 Å². The van der Waals surface area contributed by atoms with Crippen LogP contribution in [-0.4, -0.2) is 30.2 Å². The normalized spacial score (nSPS) is 18.8. The highest BCUT2D eigenvalue weighted by Gasteiger charge is 2.39. The van der Waals surface area contributed by atoms with Gasteiger partial charge in [-0.05, 0) is 67.2 Å². The maximum absolute atomic E-state index is 14.4. The second-order valence-electron chi connectivity index (χ2n) is 9.72. The SMILES string of the molecule is COC(=O)C(C)C(c1ccc2c(c1)OC(c1ccc(-c3cc(OC)ncc3F)cn1)CCC2)C1CC1. The fourth-order valence-corrected chi connectivity index (χ4v) is 5.26. The lowest BCUT2D eigenvalue weighted by Crippen LogP contribution is -2.22. The zero-order valence-corrected chi connectivity index (χ0v) is 20.9. The van der Waals surface area contributed by atoms with E-state index in [1.165, 1.54) is 19.8 Å². The van der Waals surface area contributed by atoms with Gasteiger partial charge in [-0.25, -0.2) is 9.37 Å². The van der Waals surface area contributed by atoms with Gasteiger partial charge in [-0.1, -0.05) is 25.1 Å². The van der Waals surface area contributed by atoms with Crippen LogP contribution in [0.3, 0.4) is 0 Å². The molecule has 1 aliphatic heterocycles. The van der Waals surface area contributed by atoms with Gasteiger partial charge < -0.3 is 14.2 Å². The van der Waals surface area contributed by atoms with Crippen LogP contribution in [0.4, 0.5) is 4.39 Å². The van der Waals surface area contributed by atoms with Crippen molar-refractivity contribution >= 4 is 5.97 Å². The summed E-state index contributed by atoms with van der Waals surface area (Å²) in [4.78, 5) is 20.9. The molecule has 0 spiro atoms. The number of esters is 1. The van der Waals surface area contributed by atoms with Gasteiger partial charge in [0.15, 0.2) is 0 Å². The van der Waals surface area contributed by atoms with Crippen molar-refractivity contribution in [1.29, 1.82) is 0 Å². The number of nitrogens with zero attached hydrogens (tertiary/aromatic N) is 2. The van der Waals surface area contributed by atoms with Crippen molar-refractivity contribution in [2.75, 3.05) is 14.2 Å². The first-order valence-corrected chi connectivity index (χ1v) is 12.5. The van der Waals surface area contributed by atoms with Crippen molar-refractivity contribution < 1.29 is 23.4 Å². The Balaban J connectivity index is 1.39. The lowest BCUT2D eigenvalue weighted by Gasteiger charge is -2.24. The van der Waals surface area contributed by atoms with Crippen LogP contribution >= 0.6 is 0 Å². The van der Waals surface area contributed by atoms with E-state index in [0.29, 0.717) is 22.9 Å². The molecule has 1 saturated carbocycles. The fraction of sp³-hybridized carbons (Fsp3) is 0.414. The molecule has 1 aromatic carbocycles. The number of halogens is 1. The van der Waals surface area contributed by atoms with Gasteiger partial charge in [0.2, 0.25) is 5.88 Å². The maximum Gasteiger partial charge on any atom is 0.309 e. The third-order valence-corrected chi connectivity index (χ3v) is 7.37. The van der Waals surface area contributed by atoms with Gasteiger partial charge in [0.1, 0.15) is 17.7 Å². The van der Waals surface area contributed by atoms with Crippen LogP contribution in [0.15, 0.2) is 48.8 Å². The molecule has 3 aromatic rings. The Morgan fingerprint density at radius 3 is 2.61 bits per heavy atom. The lowest BCUT2D eigenvalue weighted by atomic mass is 9.82. The number of aromatic nitrogens is 2. The molecule has 0 N–H and O–H groups in total. The van der Waals surface area contributed by atoms with Crippen molar-refractivity contribution in [3.63, 3.8) is 0 Å². The standard InChI is InChI=1S/C29H31FN2O4/c1-17(29(33)35-3)28(19-8-9-19)20-10-7-18-5-4-6-25(36-26(18)13-20)24-12-11-21(15-31-24)22-14-27(34-2)32-16-23(22)30/h7,10-17,19,25,28H,4-6,8-9H2,1-3H3. The van der Waals surface area contributed by atoms with Gasteiger partial charge >= 0.3 is 5.97 Å². The molecule has 6 nitrogen and oxygen atoms in total. The van der Waals surface area contributed by atoms with Crippen LogP contribution in [0.5, 0.6) is 11.6 Å². The summed E-state index contributed by atoms with van der Waals surface area (Å²) in [6, 6.07) is 11.7. The van der Waals surface area contributed by atoms with Crippen LogP contribution in [0.2, 0.25) is 0 Å². The zero-order chi connectivity index (χ0) is 25.2. The van der Waals surface area contributed by atoms with Gasteiger partial charge in [0, 0.05) is 23.4 Å². The molecule has 3 heterocycles. The molecule has 5 rings (SSSR count). The highest BCUT2D eigenvalue weighted by molar-refractivity contribution is 5.73. The topological polar surface area (TPSA) is 70.5 Å². The van der Waals surface area contributed by atoms with Crippen LogP contribution in [-0.2, 0) is 16.0 Å². The molecule has 0 bridgehead atoms. The molecule has 36 heavy (non-hydrogen) atoms. The highest BCUT2D eigenvalue weighted by Crippen LogP contribution is 2.48. The van der Waals surface area contributed by atoms with Crippen molar-refractivity contribution in [1.82, 2.24) is 9.97 Å². The summed E-state index contributed by atoms with van der Waals surface area (Å²) in [5.74, 6) is 1.02. The number of fused-ring (bicyclic) bond motifs is 1. The first kappa shape index (κ1) is 24.2. The fourth-order valence-electron chi connectivity index (χ4n) is 5.26. The molecule has 0 radical (unpaired) electrons. The number of carbonyl (C=O) groups excluding carboxylic acids is 1. The lowest BCUT2D eigenvalue weighted by molar-refractivity contribution is -0.145. The van der Waals surface area contributed by atoms with Crippen LogP contribution < -0.4 is 9.47 Å². The van der Waals surface area contributed by atoms with E-state index in [0.717, 1.165) is 55.3 Å². The van der Waals surface area contributed by atoms with E-state index < -0.39 is 5.82 Å². The van der Waals surface area contributed by atoms with Crippen LogP contribution in [0, 0.1) is 17.7 Å². The smallest absolute Gasteiger partial charge is 0.309 e. The summed E-state index contributed by atoms with van der Waals surface area (Å²) in [7, 11) is 2.95. The molecule has 1 fully saturated rings. The molecule has 7 heteroatoms. The van der Waals surface area contributed by atoms with E-state index in [4.69, 9.17) is 14.2 Å². The average molecular weight is 491 g/mol. The van der Waals surface area contributed by atoms with E-state index in [9.17, 15) is 9.18 Å². The van der Waals surface area contributed by atoms with Crippen LogP contribution in [0.25, 0.3) is 11.1 Å². The zero-order valence-electron chi connectivity index (χ0n) is 20.9. The number of hydrogen-bond donors (Lipinski definition) is 0. The second-order valence-corrected chi connectivity index (χ2v) is 9.72. The molecule has 2 aliphatic rings.